The number of alkyl halides is 1. The molecule has 0 amide bonds. The molecule has 1 rings (SSSR count). The quantitative estimate of drug-likeness (QED) is 0.715. The highest BCUT2D eigenvalue weighted by atomic mass is 32.2. The molecule has 0 N–H and O–H groups in total. The molecule has 0 radical (unpaired) electrons. The maximum atomic E-state index is 11.9. The van der Waals surface area contributed by atoms with Crippen molar-refractivity contribution in [2.45, 2.75) is 5.25 Å². The molecule has 1 atom stereocenters. The molecule has 0 saturated carbocycles. The first-order valence-electron chi connectivity index (χ1n) is 3.50. The van der Waals surface area contributed by atoms with Crippen LogP contribution in [-0.2, 0) is 0 Å². The number of hydrogen-bond acceptors (Lipinski definition) is 2. The van der Waals surface area contributed by atoms with E-state index in [-0.39, 0.29) is 5.25 Å². The van der Waals surface area contributed by atoms with Crippen LogP contribution in [0.2, 0.25) is 0 Å². The predicted octanol–water partition coefficient (Wildman–Crippen LogP) is 2.91. The Balaban J connectivity index is 2.75. The lowest BCUT2D eigenvalue weighted by atomic mass is 10.2. The van der Waals surface area contributed by atoms with E-state index in [1.54, 1.807) is 0 Å². The van der Waals surface area contributed by atoms with E-state index in [0.717, 1.165) is 17.3 Å². The summed E-state index contributed by atoms with van der Waals surface area (Å²) in [6, 6.07) is 10.7. The fourth-order valence-electron chi connectivity index (χ4n) is 0.899. The summed E-state index contributed by atoms with van der Waals surface area (Å²) in [5.41, 5.74) is 0.864. The fraction of sp³-hybridized carbons (Fsp3) is 0.222. The normalized spacial score (nSPS) is 12.0. The number of thioether (sulfide) groups is 1. The Labute approximate surface area is 75.2 Å². The van der Waals surface area contributed by atoms with Gasteiger partial charge in [0, 0.05) is 0 Å². The van der Waals surface area contributed by atoms with Gasteiger partial charge in [0.2, 0.25) is 0 Å². The molecule has 0 aliphatic heterocycles. The van der Waals surface area contributed by atoms with Crippen LogP contribution in [0.4, 0.5) is 4.39 Å². The molecule has 0 bridgehead atoms. The average molecular weight is 181 g/mol. The highest BCUT2D eigenvalue weighted by molar-refractivity contribution is 7.99. The molecule has 0 saturated heterocycles. The summed E-state index contributed by atoms with van der Waals surface area (Å²) in [5.74, 6) is 0. The Morgan fingerprint density at radius 3 is 2.58 bits per heavy atom. The molecular weight excluding hydrogens is 173 g/mol. The van der Waals surface area contributed by atoms with Crippen molar-refractivity contribution in [3.63, 3.8) is 0 Å². The summed E-state index contributed by atoms with van der Waals surface area (Å²) in [7, 11) is 0. The molecule has 1 aromatic rings. The van der Waals surface area contributed by atoms with Gasteiger partial charge in [-0.1, -0.05) is 30.3 Å². The third kappa shape index (κ3) is 2.24. The minimum atomic E-state index is -0.521. The van der Waals surface area contributed by atoms with Crippen molar-refractivity contribution in [2.75, 3.05) is 6.01 Å². The van der Waals surface area contributed by atoms with E-state index in [4.69, 9.17) is 5.26 Å². The van der Waals surface area contributed by atoms with Gasteiger partial charge >= 0.3 is 0 Å². The van der Waals surface area contributed by atoms with Crippen LogP contribution in [0, 0.1) is 11.3 Å². The van der Waals surface area contributed by atoms with Crippen molar-refractivity contribution in [3.8, 4) is 6.07 Å². The Morgan fingerprint density at radius 2 is 2.08 bits per heavy atom. The molecule has 0 aliphatic rings. The molecular formula is C9H8FNS. The van der Waals surface area contributed by atoms with Crippen LogP contribution in [0.3, 0.4) is 0 Å². The molecule has 3 heteroatoms. The summed E-state index contributed by atoms with van der Waals surface area (Å²) >= 11 is 1.00. The molecule has 1 nitrogen and oxygen atoms in total. The number of hydrogen-bond donors (Lipinski definition) is 0. The number of nitriles is 1. The Hall–Kier alpha value is -1.01. The maximum absolute atomic E-state index is 11.9. The summed E-state index contributed by atoms with van der Waals surface area (Å²) < 4.78 is 11.9. The first-order chi connectivity index (χ1) is 5.88. The highest BCUT2D eigenvalue weighted by Gasteiger charge is 2.08. The van der Waals surface area contributed by atoms with E-state index in [1.165, 1.54) is 0 Å². The van der Waals surface area contributed by atoms with Gasteiger partial charge < -0.3 is 0 Å². The largest absolute Gasteiger partial charge is 0.239 e. The number of benzene rings is 1. The number of rotatable bonds is 3. The number of nitrogens with zero attached hydrogens (tertiary/aromatic N) is 1. The maximum Gasteiger partial charge on any atom is 0.137 e. The Morgan fingerprint density at radius 1 is 1.42 bits per heavy atom. The fourth-order valence-corrected chi connectivity index (χ4v) is 1.45. The van der Waals surface area contributed by atoms with Gasteiger partial charge in [-0.15, -0.1) is 11.8 Å². The van der Waals surface area contributed by atoms with Crippen LogP contribution in [0.15, 0.2) is 30.3 Å². The second-order valence-electron chi connectivity index (χ2n) is 2.20. The van der Waals surface area contributed by atoms with Crippen molar-refractivity contribution >= 4 is 11.8 Å². The minimum Gasteiger partial charge on any atom is -0.239 e. The average Bonchev–Trinajstić information content (AvgIpc) is 2.15. The van der Waals surface area contributed by atoms with Crippen LogP contribution in [0.5, 0.6) is 0 Å². The van der Waals surface area contributed by atoms with Crippen LogP contribution in [0.1, 0.15) is 10.8 Å². The second-order valence-corrected chi connectivity index (χ2v) is 3.22. The summed E-state index contributed by atoms with van der Waals surface area (Å²) in [5, 5.41) is 8.29. The van der Waals surface area contributed by atoms with Crippen molar-refractivity contribution in [1.82, 2.24) is 0 Å². The lowest BCUT2D eigenvalue weighted by Crippen LogP contribution is -1.89. The van der Waals surface area contributed by atoms with Crippen molar-refractivity contribution in [3.05, 3.63) is 35.9 Å². The van der Waals surface area contributed by atoms with Gasteiger partial charge in [0.1, 0.15) is 11.3 Å². The molecule has 0 spiro atoms. The second kappa shape index (κ2) is 4.78. The minimum absolute atomic E-state index is 0.379. The first kappa shape index (κ1) is 9.08. The lowest BCUT2D eigenvalue weighted by Gasteiger charge is -2.04. The van der Waals surface area contributed by atoms with Gasteiger partial charge in [-0.25, -0.2) is 4.39 Å². The van der Waals surface area contributed by atoms with Crippen LogP contribution >= 0.6 is 11.8 Å². The van der Waals surface area contributed by atoms with Crippen molar-refractivity contribution in [2.24, 2.45) is 0 Å². The molecule has 0 fully saturated rings. The monoisotopic (exact) mass is 181 g/mol. The SMILES string of the molecule is N#CC(SCF)c1ccccc1. The Kier molecular flexibility index (Phi) is 3.62. The molecule has 0 heterocycles. The van der Waals surface area contributed by atoms with Crippen LogP contribution in [0.25, 0.3) is 0 Å². The Bertz CT molecular complexity index is 268. The first-order valence-corrected chi connectivity index (χ1v) is 4.55. The summed E-state index contributed by atoms with van der Waals surface area (Å²) in [6.07, 6.45) is 0. The topological polar surface area (TPSA) is 23.8 Å². The van der Waals surface area contributed by atoms with E-state index in [1.807, 2.05) is 36.4 Å². The predicted molar refractivity (Wildman–Crippen MR) is 48.4 cm³/mol. The van der Waals surface area contributed by atoms with E-state index in [0.29, 0.717) is 0 Å². The van der Waals surface area contributed by atoms with Gasteiger partial charge in [-0.2, -0.15) is 5.26 Å². The molecule has 1 unspecified atom stereocenters. The zero-order chi connectivity index (χ0) is 8.81. The zero-order valence-corrected chi connectivity index (χ0v) is 7.22. The third-order valence-corrected chi connectivity index (χ3v) is 2.29. The van der Waals surface area contributed by atoms with Gasteiger partial charge in [-0.3, -0.25) is 0 Å². The van der Waals surface area contributed by atoms with Crippen LogP contribution in [-0.4, -0.2) is 6.01 Å². The standard InChI is InChI=1S/C9H8FNS/c10-7-12-9(6-11)8-4-2-1-3-5-8/h1-5,9H,7H2. The van der Waals surface area contributed by atoms with Crippen molar-refractivity contribution < 1.29 is 4.39 Å². The molecule has 0 aromatic heterocycles. The van der Waals surface area contributed by atoms with Gasteiger partial charge in [-0.05, 0) is 5.56 Å². The van der Waals surface area contributed by atoms with E-state index >= 15 is 0 Å². The molecule has 0 aliphatic carbocycles. The molecule has 62 valence electrons. The van der Waals surface area contributed by atoms with E-state index in [2.05, 4.69) is 0 Å². The molecule has 1 aromatic carbocycles. The molecule has 12 heavy (non-hydrogen) atoms. The van der Waals surface area contributed by atoms with Gasteiger partial charge in [0.15, 0.2) is 0 Å². The number of halogens is 1. The van der Waals surface area contributed by atoms with Gasteiger partial charge in [0.25, 0.3) is 0 Å². The van der Waals surface area contributed by atoms with Crippen molar-refractivity contribution in [1.29, 1.82) is 5.26 Å². The smallest absolute Gasteiger partial charge is 0.137 e. The van der Waals surface area contributed by atoms with Gasteiger partial charge in [0.05, 0.1) is 6.07 Å². The lowest BCUT2D eigenvalue weighted by molar-refractivity contribution is 0.605. The summed E-state index contributed by atoms with van der Waals surface area (Å²) in [6.45, 7) is 0. The highest BCUT2D eigenvalue weighted by Crippen LogP contribution is 2.27. The van der Waals surface area contributed by atoms with E-state index < -0.39 is 6.01 Å². The summed E-state index contributed by atoms with van der Waals surface area (Å²) in [4.78, 5) is 0. The van der Waals surface area contributed by atoms with E-state index in [9.17, 15) is 4.39 Å². The third-order valence-electron chi connectivity index (χ3n) is 1.45. The van der Waals surface area contributed by atoms with Crippen LogP contribution < -0.4 is 0 Å². The zero-order valence-electron chi connectivity index (χ0n) is 6.40.